The highest BCUT2D eigenvalue weighted by Gasteiger charge is 2.17. The van der Waals surface area contributed by atoms with Crippen LogP contribution in [-0.2, 0) is 11.3 Å². The number of halogens is 1. The first-order chi connectivity index (χ1) is 11.3. The topological polar surface area (TPSA) is 59.8 Å². The Balaban J connectivity index is 2.16. The molecule has 0 spiro atoms. The molecule has 2 rings (SSSR count). The van der Waals surface area contributed by atoms with Gasteiger partial charge in [0.2, 0.25) is 5.91 Å². The van der Waals surface area contributed by atoms with E-state index in [9.17, 15) is 4.79 Å². The molecule has 0 unspecified atom stereocenters. The average Bonchev–Trinajstić information content (AvgIpc) is 2.88. The van der Waals surface area contributed by atoms with E-state index in [1.54, 1.807) is 0 Å². The maximum Gasteiger partial charge on any atom is 0.230 e. The van der Waals surface area contributed by atoms with E-state index >= 15 is 0 Å². The van der Waals surface area contributed by atoms with Gasteiger partial charge in [-0.15, -0.1) is 10.2 Å². The van der Waals surface area contributed by atoms with Gasteiger partial charge in [0, 0.05) is 22.7 Å². The van der Waals surface area contributed by atoms with Crippen LogP contribution in [0.1, 0.15) is 34.1 Å². The van der Waals surface area contributed by atoms with Crippen molar-refractivity contribution in [3.63, 3.8) is 0 Å². The highest BCUT2D eigenvalue weighted by molar-refractivity contribution is 7.99. The number of aromatic nitrogens is 3. The first-order valence-corrected chi connectivity index (χ1v) is 9.29. The van der Waals surface area contributed by atoms with Crippen LogP contribution in [-0.4, -0.2) is 32.0 Å². The number of nitrogens with zero attached hydrogens (tertiary/aromatic N) is 3. The molecule has 1 amide bonds. The summed E-state index contributed by atoms with van der Waals surface area (Å²) in [5.41, 5.74) is 0.731. The zero-order valence-corrected chi connectivity index (χ0v) is 16.0. The lowest BCUT2D eigenvalue weighted by atomic mass is 10.1. The second kappa shape index (κ2) is 8.03. The summed E-state index contributed by atoms with van der Waals surface area (Å²) in [5.74, 6) is 1.11. The minimum Gasteiger partial charge on any atom is -0.351 e. The summed E-state index contributed by atoms with van der Waals surface area (Å²) in [4.78, 5) is 12.0. The Kier molecular flexibility index (Phi) is 6.29. The maximum absolute atomic E-state index is 12.0. The second-order valence-corrected chi connectivity index (χ2v) is 7.93. The van der Waals surface area contributed by atoms with E-state index in [2.05, 4.69) is 27.0 Å². The Morgan fingerprint density at radius 2 is 1.92 bits per heavy atom. The Bertz CT molecular complexity index is 692. The van der Waals surface area contributed by atoms with E-state index in [-0.39, 0.29) is 11.4 Å². The van der Waals surface area contributed by atoms with Crippen LogP contribution in [0.2, 0.25) is 5.02 Å². The zero-order valence-electron chi connectivity index (χ0n) is 14.5. The van der Waals surface area contributed by atoms with E-state index in [4.69, 9.17) is 11.6 Å². The fraction of sp³-hybridized carbons (Fsp3) is 0.471. The highest BCUT2D eigenvalue weighted by atomic mass is 35.5. The van der Waals surface area contributed by atoms with Crippen LogP contribution < -0.4 is 5.32 Å². The molecule has 24 heavy (non-hydrogen) atoms. The normalized spacial score (nSPS) is 11.5. The molecule has 130 valence electrons. The van der Waals surface area contributed by atoms with Crippen molar-refractivity contribution in [1.29, 1.82) is 0 Å². The van der Waals surface area contributed by atoms with E-state index in [0.29, 0.717) is 10.8 Å². The number of benzene rings is 1. The van der Waals surface area contributed by atoms with Crippen LogP contribution >= 0.6 is 23.4 Å². The zero-order chi connectivity index (χ0) is 17.7. The van der Waals surface area contributed by atoms with Gasteiger partial charge in [-0.2, -0.15) is 0 Å². The molecule has 0 fully saturated rings. The van der Waals surface area contributed by atoms with Crippen molar-refractivity contribution >= 4 is 29.3 Å². The largest absolute Gasteiger partial charge is 0.351 e. The molecule has 2 aromatic rings. The highest BCUT2D eigenvalue weighted by Crippen LogP contribution is 2.25. The third-order valence-corrected chi connectivity index (χ3v) is 4.33. The molecule has 1 aromatic carbocycles. The van der Waals surface area contributed by atoms with E-state index in [1.807, 2.05) is 45.0 Å². The predicted octanol–water partition coefficient (Wildman–Crippen LogP) is 4.02. The van der Waals surface area contributed by atoms with Crippen molar-refractivity contribution in [3.05, 3.63) is 29.3 Å². The molecule has 0 atom stereocenters. The van der Waals surface area contributed by atoms with Gasteiger partial charge in [-0.05, 0) is 51.5 Å². The number of nitrogens with one attached hydrogen (secondary N) is 1. The predicted molar refractivity (Wildman–Crippen MR) is 99.4 cm³/mol. The molecule has 0 aliphatic rings. The Morgan fingerprint density at radius 1 is 1.25 bits per heavy atom. The molecule has 0 aliphatic carbocycles. The summed E-state index contributed by atoms with van der Waals surface area (Å²) in [7, 11) is 0. The average molecular weight is 367 g/mol. The monoisotopic (exact) mass is 366 g/mol. The maximum atomic E-state index is 12.0. The van der Waals surface area contributed by atoms with E-state index in [1.165, 1.54) is 11.8 Å². The second-order valence-electron chi connectivity index (χ2n) is 6.55. The first-order valence-electron chi connectivity index (χ1n) is 7.93. The van der Waals surface area contributed by atoms with Crippen molar-refractivity contribution < 1.29 is 4.79 Å². The smallest absolute Gasteiger partial charge is 0.230 e. The summed E-state index contributed by atoms with van der Waals surface area (Å²) in [5, 5.41) is 13.0. The van der Waals surface area contributed by atoms with Gasteiger partial charge in [0.15, 0.2) is 11.0 Å². The lowest BCUT2D eigenvalue weighted by Crippen LogP contribution is -2.41. The van der Waals surface area contributed by atoms with Gasteiger partial charge in [-0.25, -0.2) is 0 Å². The standard InChI is InChI=1S/C17H23ClN4OS/c1-5-10-22-15(12-6-8-13(18)9-7-12)20-21-16(22)24-11-14(23)19-17(2,3)4/h6-9H,5,10-11H2,1-4H3,(H,19,23). The Hall–Kier alpha value is -1.53. The number of amides is 1. The van der Waals surface area contributed by atoms with Crippen LogP contribution in [0.15, 0.2) is 29.4 Å². The number of hydrogen-bond donors (Lipinski definition) is 1. The number of hydrogen-bond acceptors (Lipinski definition) is 4. The van der Waals surface area contributed by atoms with Crippen molar-refractivity contribution in [2.45, 2.75) is 51.4 Å². The molecule has 0 saturated carbocycles. The molecular formula is C17H23ClN4OS. The van der Waals surface area contributed by atoms with Crippen LogP contribution in [0, 0.1) is 0 Å². The minimum atomic E-state index is -0.233. The number of thioether (sulfide) groups is 1. The molecule has 5 nitrogen and oxygen atoms in total. The summed E-state index contributed by atoms with van der Waals surface area (Å²) < 4.78 is 2.05. The van der Waals surface area contributed by atoms with Crippen LogP contribution in [0.4, 0.5) is 0 Å². The molecule has 0 bridgehead atoms. The van der Waals surface area contributed by atoms with Crippen LogP contribution in [0.3, 0.4) is 0 Å². The number of carbonyl (C=O) groups is 1. The fourth-order valence-electron chi connectivity index (χ4n) is 2.22. The number of carbonyl (C=O) groups excluding carboxylic acids is 1. The molecule has 1 aromatic heterocycles. The van der Waals surface area contributed by atoms with Crippen molar-refractivity contribution in [2.75, 3.05) is 5.75 Å². The molecule has 7 heteroatoms. The van der Waals surface area contributed by atoms with Crippen LogP contribution in [0.5, 0.6) is 0 Å². The van der Waals surface area contributed by atoms with Gasteiger partial charge < -0.3 is 9.88 Å². The Morgan fingerprint density at radius 3 is 2.50 bits per heavy atom. The SMILES string of the molecule is CCCn1c(SCC(=O)NC(C)(C)C)nnc1-c1ccc(Cl)cc1. The van der Waals surface area contributed by atoms with Gasteiger partial charge in [0.1, 0.15) is 0 Å². The lowest BCUT2D eigenvalue weighted by Gasteiger charge is -2.20. The molecule has 0 saturated heterocycles. The van der Waals surface area contributed by atoms with E-state index in [0.717, 1.165) is 29.5 Å². The molecule has 1 heterocycles. The van der Waals surface area contributed by atoms with E-state index < -0.39 is 0 Å². The third kappa shape index (κ3) is 5.24. The van der Waals surface area contributed by atoms with Crippen molar-refractivity contribution in [2.24, 2.45) is 0 Å². The van der Waals surface area contributed by atoms with Gasteiger partial charge in [0.05, 0.1) is 5.75 Å². The molecule has 0 radical (unpaired) electrons. The summed E-state index contributed by atoms with van der Waals surface area (Å²) >= 11 is 7.36. The minimum absolute atomic E-state index is 0.00779. The molecule has 0 aliphatic heterocycles. The summed E-state index contributed by atoms with van der Waals surface area (Å²) in [6, 6.07) is 7.54. The lowest BCUT2D eigenvalue weighted by molar-refractivity contribution is -0.119. The third-order valence-electron chi connectivity index (χ3n) is 3.11. The first kappa shape index (κ1) is 18.8. The quantitative estimate of drug-likeness (QED) is 0.784. The van der Waals surface area contributed by atoms with Crippen LogP contribution in [0.25, 0.3) is 11.4 Å². The van der Waals surface area contributed by atoms with Crippen molar-refractivity contribution in [3.8, 4) is 11.4 Å². The Labute approximate surface area is 152 Å². The fourth-order valence-corrected chi connectivity index (χ4v) is 3.11. The molecular weight excluding hydrogens is 344 g/mol. The van der Waals surface area contributed by atoms with Crippen molar-refractivity contribution in [1.82, 2.24) is 20.1 Å². The van der Waals surface area contributed by atoms with Gasteiger partial charge >= 0.3 is 0 Å². The summed E-state index contributed by atoms with van der Waals surface area (Å²) in [6.07, 6.45) is 0.959. The van der Waals surface area contributed by atoms with Gasteiger partial charge in [-0.1, -0.05) is 30.3 Å². The summed E-state index contributed by atoms with van der Waals surface area (Å²) in [6.45, 7) is 8.80. The van der Waals surface area contributed by atoms with Gasteiger partial charge in [-0.3, -0.25) is 4.79 Å². The van der Waals surface area contributed by atoms with Gasteiger partial charge in [0.25, 0.3) is 0 Å². The number of rotatable bonds is 6. The molecule has 1 N–H and O–H groups in total.